The summed E-state index contributed by atoms with van der Waals surface area (Å²) in [4.78, 5) is 12.8. The topological polar surface area (TPSA) is 40.5 Å². The largest absolute Gasteiger partial charge is 0.478 e. The minimum absolute atomic E-state index is 0.916. The summed E-state index contributed by atoms with van der Waals surface area (Å²) in [6.45, 7) is 7.46. The Balaban J connectivity index is 2.62. The zero-order valence-electron chi connectivity index (χ0n) is 11.1. The van der Waals surface area contributed by atoms with E-state index in [0.29, 0.717) is 0 Å². The average molecular weight is 247 g/mol. The van der Waals surface area contributed by atoms with Gasteiger partial charge in [0.05, 0.1) is 0 Å². The van der Waals surface area contributed by atoms with E-state index in [1.807, 2.05) is 12.1 Å². The van der Waals surface area contributed by atoms with Gasteiger partial charge in [0.1, 0.15) is 0 Å². The van der Waals surface area contributed by atoms with Crippen LogP contribution in [0.2, 0.25) is 0 Å². The van der Waals surface area contributed by atoms with Crippen LogP contribution in [-0.4, -0.2) is 29.1 Å². The second-order valence-electron chi connectivity index (χ2n) is 4.28. The van der Waals surface area contributed by atoms with Gasteiger partial charge in [-0.1, -0.05) is 38.1 Å². The summed E-state index contributed by atoms with van der Waals surface area (Å²) in [6, 6.07) is 8.02. The Hall–Kier alpha value is -1.61. The van der Waals surface area contributed by atoms with Crippen LogP contribution in [0.25, 0.3) is 6.08 Å². The molecule has 0 aliphatic rings. The van der Waals surface area contributed by atoms with Crippen LogP contribution < -0.4 is 0 Å². The highest BCUT2D eigenvalue weighted by Gasteiger charge is 2.01. The van der Waals surface area contributed by atoms with Crippen molar-refractivity contribution in [3.05, 3.63) is 41.5 Å². The van der Waals surface area contributed by atoms with Crippen molar-refractivity contribution in [1.82, 2.24) is 4.90 Å². The van der Waals surface area contributed by atoms with E-state index >= 15 is 0 Å². The highest BCUT2D eigenvalue weighted by atomic mass is 16.4. The number of benzene rings is 1. The van der Waals surface area contributed by atoms with E-state index in [4.69, 9.17) is 5.11 Å². The Labute approximate surface area is 109 Å². The Kier molecular flexibility index (Phi) is 6.15. The maximum Gasteiger partial charge on any atom is 0.328 e. The van der Waals surface area contributed by atoms with Crippen molar-refractivity contribution in [3.8, 4) is 0 Å². The van der Waals surface area contributed by atoms with Gasteiger partial charge in [-0.3, -0.25) is 4.90 Å². The Morgan fingerprint density at radius 3 is 2.44 bits per heavy atom. The number of carboxylic acids is 1. The van der Waals surface area contributed by atoms with Gasteiger partial charge in [0.2, 0.25) is 0 Å². The lowest BCUT2D eigenvalue weighted by atomic mass is 10.1. The number of aliphatic carboxylic acids is 1. The quantitative estimate of drug-likeness (QED) is 0.753. The molecule has 0 atom stereocenters. The molecule has 3 heteroatoms. The van der Waals surface area contributed by atoms with Gasteiger partial charge in [-0.15, -0.1) is 0 Å². The number of rotatable bonds is 7. The summed E-state index contributed by atoms with van der Waals surface area (Å²) in [5.74, 6) is -0.917. The summed E-state index contributed by atoms with van der Waals surface area (Å²) in [7, 11) is 0. The zero-order valence-corrected chi connectivity index (χ0v) is 11.1. The second-order valence-corrected chi connectivity index (χ2v) is 4.28. The fourth-order valence-corrected chi connectivity index (χ4v) is 1.83. The monoisotopic (exact) mass is 247 g/mol. The third-order valence-electron chi connectivity index (χ3n) is 2.79. The van der Waals surface area contributed by atoms with E-state index in [-0.39, 0.29) is 0 Å². The molecule has 0 radical (unpaired) electrons. The van der Waals surface area contributed by atoms with Crippen LogP contribution in [0.3, 0.4) is 0 Å². The maximum absolute atomic E-state index is 10.4. The lowest BCUT2D eigenvalue weighted by molar-refractivity contribution is -0.131. The Morgan fingerprint density at radius 1 is 1.28 bits per heavy atom. The first-order valence-electron chi connectivity index (χ1n) is 6.38. The Bertz CT molecular complexity index is 395. The van der Waals surface area contributed by atoms with Crippen LogP contribution in [0.15, 0.2) is 30.3 Å². The van der Waals surface area contributed by atoms with Gasteiger partial charge in [-0.2, -0.15) is 0 Å². The van der Waals surface area contributed by atoms with E-state index < -0.39 is 5.97 Å². The van der Waals surface area contributed by atoms with Gasteiger partial charge >= 0.3 is 5.97 Å². The molecule has 1 N–H and O–H groups in total. The van der Waals surface area contributed by atoms with Crippen molar-refractivity contribution >= 4 is 12.0 Å². The van der Waals surface area contributed by atoms with Crippen molar-refractivity contribution in [1.29, 1.82) is 0 Å². The maximum atomic E-state index is 10.4. The van der Waals surface area contributed by atoms with Crippen molar-refractivity contribution in [2.75, 3.05) is 13.1 Å². The molecule has 0 unspecified atom stereocenters. The van der Waals surface area contributed by atoms with E-state index in [2.05, 4.69) is 30.9 Å². The van der Waals surface area contributed by atoms with Crippen LogP contribution in [-0.2, 0) is 11.3 Å². The molecule has 0 amide bonds. The van der Waals surface area contributed by atoms with Crippen LogP contribution >= 0.6 is 0 Å². The Morgan fingerprint density at radius 2 is 1.94 bits per heavy atom. The molecule has 98 valence electrons. The van der Waals surface area contributed by atoms with Crippen LogP contribution in [0.5, 0.6) is 0 Å². The zero-order chi connectivity index (χ0) is 13.4. The van der Waals surface area contributed by atoms with E-state index in [1.165, 1.54) is 5.56 Å². The van der Waals surface area contributed by atoms with E-state index in [0.717, 1.165) is 37.7 Å². The molecule has 0 aliphatic heterocycles. The molecule has 0 aromatic heterocycles. The molecule has 0 heterocycles. The molecule has 0 aliphatic carbocycles. The smallest absolute Gasteiger partial charge is 0.328 e. The molecule has 0 fully saturated rings. The standard InChI is InChI=1S/C15H21NO2/c1-3-11-16(4-2)12-14-7-5-13(6-8-14)9-10-15(17)18/h5-10H,3-4,11-12H2,1-2H3,(H,17,18)/b10-9+. The fourth-order valence-electron chi connectivity index (χ4n) is 1.83. The van der Waals surface area contributed by atoms with Crippen molar-refractivity contribution in [2.45, 2.75) is 26.8 Å². The van der Waals surface area contributed by atoms with Gasteiger partial charge in [0.15, 0.2) is 0 Å². The summed E-state index contributed by atoms with van der Waals surface area (Å²) in [6.07, 6.45) is 3.92. The lowest BCUT2D eigenvalue weighted by Crippen LogP contribution is -2.23. The predicted molar refractivity (Wildman–Crippen MR) is 74.4 cm³/mol. The molecular weight excluding hydrogens is 226 g/mol. The first-order valence-corrected chi connectivity index (χ1v) is 6.38. The average Bonchev–Trinajstić information content (AvgIpc) is 2.37. The molecule has 18 heavy (non-hydrogen) atoms. The van der Waals surface area contributed by atoms with Crippen molar-refractivity contribution in [2.24, 2.45) is 0 Å². The minimum Gasteiger partial charge on any atom is -0.478 e. The molecular formula is C15H21NO2. The highest BCUT2D eigenvalue weighted by molar-refractivity contribution is 5.85. The molecule has 3 nitrogen and oxygen atoms in total. The molecule has 1 rings (SSSR count). The minimum atomic E-state index is -0.917. The van der Waals surface area contributed by atoms with Gasteiger partial charge in [0, 0.05) is 12.6 Å². The third kappa shape index (κ3) is 5.15. The summed E-state index contributed by atoms with van der Waals surface area (Å²) in [5, 5.41) is 8.55. The summed E-state index contributed by atoms with van der Waals surface area (Å²) < 4.78 is 0. The number of carboxylic acid groups (broad SMARTS) is 1. The molecule has 1 aromatic carbocycles. The molecule has 0 saturated heterocycles. The van der Waals surface area contributed by atoms with Gasteiger partial charge in [0.25, 0.3) is 0 Å². The molecule has 0 bridgehead atoms. The number of hydrogen-bond acceptors (Lipinski definition) is 2. The predicted octanol–water partition coefficient (Wildman–Crippen LogP) is 3.02. The lowest BCUT2D eigenvalue weighted by Gasteiger charge is -2.19. The van der Waals surface area contributed by atoms with Gasteiger partial charge < -0.3 is 5.11 Å². The molecule has 0 spiro atoms. The fraction of sp³-hybridized carbons (Fsp3) is 0.400. The second kappa shape index (κ2) is 7.67. The van der Waals surface area contributed by atoms with Gasteiger partial charge in [-0.05, 0) is 36.7 Å². The van der Waals surface area contributed by atoms with Crippen molar-refractivity contribution < 1.29 is 9.90 Å². The summed E-state index contributed by atoms with van der Waals surface area (Å²) in [5.41, 5.74) is 2.18. The third-order valence-corrected chi connectivity index (χ3v) is 2.79. The van der Waals surface area contributed by atoms with Crippen LogP contribution in [0, 0.1) is 0 Å². The SMILES string of the molecule is CCCN(CC)Cc1ccc(/C=C/C(=O)O)cc1. The first-order chi connectivity index (χ1) is 8.65. The number of carbonyl (C=O) groups is 1. The normalized spacial score (nSPS) is 11.3. The van der Waals surface area contributed by atoms with E-state index in [1.54, 1.807) is 6.08 Å². The van der Waals surface area contributed by atoms with Crippen molar-refractivity contribution in [3.63, 3.8) is 0 Å². The van der Waals surface area contributed by atoms with Gasteiger partial charge in [-0.25, -0.2) is 4.79 Å². The number of hydrogen-bond donors (Lipinski definition) is 1. The van der Waals surface area contributed by atoms with Crippen LogP contribution in [0.1, 0.15) is 31.4 Å². The molecule has 0 saturated carbocycles. The first kappa shape index (κ1) is 14.5. The van der Waals surface area contributed by atoms with E-state index in [9.17, 15) is 4.79 Å². The highest BCUT2D eigenvalue weighted by Crippen LogP contribution is 2.09. The molecule has 1 aromatic rings. The number of nitrogens with zero attached hydrogens (tertiary/aromatic N) is 1. The summed E-state index contributed by atoms with van der Waals surface area (Å²) >= 11 is 0. The van der Waals surface area contributed by atoms with Crippen LogP contribution in [0.4, 0.5) is 0 Å².